The van der Waals surface area contributed by atoms with E-state index >= 15 is 0 Å². The van der Waals surface area contributed by atoms with E-state index in [0.717, 1.165) is 24.8 Å². The van der Waals surface area contributed by atoms with E-state index in [-0.39, 0.29) is 5.91 Å². The number of fused-ring (bicyclic) bond motifs is 3. The van der Waals surface area contributed by atoms with Crippen molar-refractivity contribution in [3.05, 3.63) is 12.1 Å². The van der Waals surface area contributed by atoms with Crippen LogP contribution in [-0.2, 0) is 4.79 Å². The molecule has 2 aromatic heterocycles. The number of thioether (sulfide) groups is 1. The third-order valence-electron chi connectivity index (χ3n) is 2.63. The first-order chi connectivity index (χ1) is 9.21. The SMILES string of the molecule is CCC(=O)Nc1nc2ccc3nc(SC)sc3c2s1. The Labute approximate surface area is 122 Å². The van der Waals surface area contributed by atoms with E-state index < -0.39 is 0 Å². The number of carbonyl (C=O) groups is 1. The summed E-state index contributed by atoms with van der Waals surface area (Å²) >= 11 is 4.83. The summed E-state index contributed by atoms with van der Waals surface area (Å²) in [5.74, 6) is -0.00981. The highest BCUT2D eigenvalue weighted by Crippen LogP contribution is 2.37. The number of nitrogens with one attached hydrogen (secondary N) is 1. The maximum atomic E-state index is 11.4. The molecule has 98 valence electrons. The minimum absolute atomic E-state index is 0.00981. The van der Waals surface area contributed by atoms with E-state index in [9.17, 15) is 4.79 Å². The minimum Gasteiger partial charge on any atom is -0.302 e. The predicted molar refractivity (Wildman–Crippen MR) is 83.5 cm³/mol. The number of hydrogen-bond donors (Lipinski definition) is 1. The second kappa shape index (κ2) is 5.07. The van der Waals surface area contributed by atoms with E-state index in [2.05, 4.69) is 15.3 Å². The van der Waals surface area contributed by atoms with E-state index in [0.29, 0.717) is 11.6 Å². The smallest absolute Gasteiger partial charge is 0.225 e. The maximum absolute atomic E-state index is 11.4. The molecule has 0 saturated carbocycles. The molecule has 0 saturated heterocycles. The first-order valence-corrected chi connectivity index (χ1v) is 8.61. The number of rotatable bonds is 3. The monoisotopic (exact) mass is 309 g/mol. The molecule has 0 bridgehead atoms. The molecule has 0 radical (unpaired) electrons. The molecule has 0 aliphatic rings. The second-order valence-corrected chi connectivity index (χ2v) is 6.92. The lowest BCUT2D eigenvalue weighted by molar-refractivity contribution is -0.115. The van der Waals surface area contributed by atoms with Crippen molar-refractivity contribution >= 4 is 65.9 Å². The Balaban J connectivity index is 2.13. The predicted octanol–water partition coefficient (Wildman–Crippen LogP) is 3.98. The van der Waals surface area contributed by atoms with Crippen molar-refractivity contribution in [1.82, 2.24) is 9.97 Å². The molecule has 1 N–H and O–H groups in total. The van der Waals surface area contributed by atoms with Gasteiger partial charge in [-0.2, -0.15) is 0 Å². The van der Waals surface area contributed by atoms with Gasteiger partial charge in [-0.05, 0) is 18.4 Å². The Bertz CT molecular complexity index is 762. The lowest BCUT2D eigenvalue weighted by atomic mass is 10.3. The van der Waals surface area contributed by atoms with Crippen LogP contribution in [0.2, 0.25) is 0 Å². The molecule has 3 rings (SSSR count). The molecule has 0 unspecified atom stereocenters. The molecule has 0 spiro atoms. The topological polar surface area (TPSA) is 54.9 Å². The van der Waals surface area contributed by atoms with Crippen LogP contribution in [0.25, 0.3) is 20.4 Å². The van der Waals surface area contributed by atoms with Crippen molar-refractivity contribution in [3.63, 3.8) is 0 Å². The van der Waals surface area contributed by atoms with Gasteiger partial charge in [0.1, 0.15) is 0 Å². The summed E-state index contributed by atoms with van der Waals surface area (Å²) in [6.45, 7) is 1.83. The number of nitrogens with zero attached hydrogens (tertiary/aromatic N) is 2. The van der Waals surface area contributed by atoms with Gasteiger partial charge in [-0.25, -0.2) is 9.97 Å². The Hall–Kier alpha value is -1.18. The van der Waals surface area contributed by atoms with Crippen LogP contribution in [0.3, 0.4) is 0 Å². The molecule has 3 aromatic rings. The van der Waals surface area contributed by atoms with E-state index in [4.69, 9.17) is 0 Å². The van der Waals surface area contributed by atoms with Crippen molar-refractivity contribution in [2.75, 3.05) is 11.6 Å². The van der Waals surface area contributed by atoms with Gasteiger partial charge >= 0.3 is 0 Å². The van der Waals surface area contributed by atoms with Crippen LogP contribution in [0.5, 0.6) is 0 Å². The molecular weight excluding hydrogens is 298 g/mol. The van der Waals surface area contributed by atoms with Crippen molar-refractivity contribution in [2.24, 2.45) is 0 Å². The normalized spacial score (nSPS) is 11.3. The van der Waals surface area contributed by atoms with Crippen molar-refractivity contribution in [2.45, 2.75) is 17.7 Å². The summed E-state index contributed by atoms with van der Waals surface area (Å²) in [5, 5.41) is 3.47. The fraction of sp³-hybridized carbons (Fsp3) is 0.250. The number of carbonyl (C=O) groups excluding carboxylic acids is 1. The number of hydrogen-bond acceptors (Lipinski definition) is 6. The molecule has 7 heteroatoms. The number of amides is 1. The average molecular weight is 309 g/mol. The summed E-state index contributed by atoms with van der Waals surface area (Å²) in [6.07, 6.45) is 2.48. The van der Waals surface area contributed by atoms with Gasteiger partial charge in [0.2, 0.25) is 5.91 Å². The fourth-order valence-corrected chi connectivity index (χ4v) is 4.38. The second-order valence-electron chi connectivity index (χ2n) is 3.87. The Morgan fingerprint density at radius 1 is 1.26 bits per heavy atom. The highest BCUT2D eigenvalue weighted by molar-refractivity contribution is 8.00. The molecular formula is C12H11N3OS3. The molecule has 2 heterocycles. The highest BCUT2D eigenvalue weighted by Gasteiger charge is 2.12. The molecule has 0 fully saturated rings. The number of thiazole rings is 2. The van der Waals surface area contributed by atoms with Gasteiger partial charge in [0.25, 0.3) is 0 Å². The van der Waals surface area contributed by atoms with Crippen LogP contribution in [0, 0.1) is 0 Å². The van der Waals surface area contributed by atoms with Crippen LogP contribution in [0.4, 0.5) is 5.13 Å². The molecule has 4 nitrogen and oxygen atoms in total. The summed E-state index contributed by atoms with van der Waals surface area (Å²) in [6, 6.07) is 3.94. The first-order valence-electron chi connectivity index (χ1n) is 5.75. The van der Waals surface area contributed by atoms with Crippen molar-refractivity contribution in [1.29, 1.82) is 0 Å². The van der Waals surface area contributed by atoms with Gasteiger partial charge in [0.15, 0.2) is 9.47 Å². The molecule has 1 aromatic carbocycles. The van der Waals surface area contributed by atoms with Crippen LogP contribution >= 0.6 is 34.4 Å². The first kappa shape index (κ1) is 12.8. The van der Waals surface area contributed by atoms with Gasteiger partial charge in [0.05, 0.1) is 20.4 Å². The summed E-state index contributed by atoms with van der Waals surface area (Å²) in [7, 11) is 0. The van der Waals surface area contributed by atoms with Crippen molar-refractivity contribution < 1.29 is 4.79 Å². The Morgan fingerprint density at radius 3 is 2.63 bits per heavy atom. The maximum Gasteiger partial charge on any atom is 0.225 e. The van der Waals surface area contributed by atoms with Crippen LogP contribution < -0.4 is 5.32 Å². The van der Waals surface area contributed by atoms with Crippen LogP contribution in [0.1, 0.15) is 13.3 Å². The van der Waals surface area contributed by atoms with Gasteiger partial charge in [0, 0.05) is 6.42 Å². The standard InChI is InChI=1S/C12H11N3OS3/c1-3-8(16)15-11-13-6-4-5-7-10(9(6)18-11)19-12(14-7)17-2/h4-5H,3H2,1-2H3,(H,13,15,16). The summed E-state index contributed by atoms with van der Waals surface area (Å²) in [4.78, 5) is 20.4. The summed E-state index contributed by atoms with van der Waals surface area (Å²) in [5.41, 5.74) is 1.92. The third-order valence-corrected chi connectivity index (χ3v) is 5.84. The molecule has 0 atom stereocenters. The molecule has 0 aliphatic carbocycles. The fourth-order valence-electron chi connectivity index (χ4n) is 1.70. The van der Waals surface area contributed by atoms with Crippen molar-refractivity contribution in [3.8, 4) is 0 Å². The number of anilines is 1. The van der Waals surface area contributed by atoms with Crippen LogP contribution in [0.15, 0.2) is 16.5 Å². The van der Waals surface area contributed by atoms with E-state index in [1.807, 2.05) is 25.3 Å². The highest BCUT2D eigenvalue weighted by atomic mass is 32.2. The number of aromatic nitrogens is 2. The van der Waals surface area contributed by atoms with Gasteiger partial charge in [-0.1, -0.05) is 30.0 Å². The van der Waals surface area contributed by atoms with E-state index in [1.165, 1.54) is 11.3 Å². The lowest BCUT2D eigenvalue weighted by Crippen LogP contribution is -2.08. The molecule has 0 aliphatic heterocycles. The molecule has 1 amide bonds. The Kier molecular flexibility index (Phi) is 3.42. The zero-order valence-electron chi connectivity index (χ0n) is 10.4. The van der Waals surface area contributed by atoms with E-state index in [1.54, 1.807) is 23.1 Å². The van der Waals surface area contributed by atoms with Gasteiger partial charge < -0.3 is 5.32 Å². The van der Waals surface area contributed by atoms with Gasteiger partial charge in [-0.3, -0.25) is 4.79 Å². The quantitative estimate of drug-likeness (QED) is 0.744. The number of benzene rings is 1. The van der Waals surface area contributed by atoms with Gasteiger partial charge in [-0.15, -0.1) is 11.3 Å². The zero-order chi connectivity index (χ0) is 13.4. The average Bonchev–Trinajstić information content (AvgIpc) is 3.00. The third kappa shape index (κ3) is 2.33. The lowest BCUT2D eigenvalue weighted by Gasteiger charge is -1.95. The Morgan fingerprint density at radius 2 is 1.95 bits per heavy atom. The summed E-state index contributed by atoms with van der Waals surface area (Å²) < 4.78 is 3.30. The van der Waals surface area contributed by atoms with Crippen LogP contribution in [-0.4, -0.2) is 22.1 Å². The minimum atomic E-state index is -0.00981. The largest absolute Gasteiger partial charge is 0.302 e. The zero-order valence-corrected chi connectivity index (χ0v) is 12.8. The molecule has 19 heavy (non-hydrogen) atoms.